The highest BCUT2D eigenvalue weighted by Crippen LogP contribution is 2.32. The monoisotopic (exact) mass is 264 g/mol. The molecule has 0 saturated carbocycles. The summed E-state index contributed by atoms with van der Waals surface area (Å²) in [6.45, 7) is 2.64. The predicted octanol–water partition coefficient (Wildman–Crippen LogP) is 0.0199. The molecule has 2 aliphatic heterocycles. The van der Waals surface area contributed by atoms with Gasteiger partial charge >= 0.3 is 0 Å². The molecule has 0 unspecified atom stereocenters. The van der Waals surface area contributed by atoms with E-state index in [4.69, 9.17) is 14.2 Å². The summed E-state index contributed by atoms with van der Waals surface area (Å²) in [4.78, 5) is 11.9. The molecule has 2 aliphatic rings. The van der Waals surface area contributed by atoms with E-state index < -0.39 is 6.10 Å². The van der Waals surface area contributed by atoms with Gasteiger partial charge in [0.05, 0.1) is 6.61 Å². The Morgan fingerprint density at radius 1 is 1.37 bits per heavy atom. The van der Waals surface area contributed by atoms with E-state index in [1.165, 1.54) is 0 Å². The van der Waals surface area contributed by atoms with Crippen LogP contribution in [0.5, 0.6) is 11.5 Å². The molecule has 19 heavy (non-hydrogen) atoms. The highest BCUT2D eigenvalue weighted by Gasteiger charge is 2.21. The van der Waals surface area contributed by atoms with Crippen LogP contribution in [0.25, 0.3) is 0 Å². The van der Waals surface area contributed by atoms with E-state index in [0.29, 0.717) is 19.7 Å². The molecule has 1 fully saturated rings. The summed E-state index contributed by atoms with van der Waals surface area (Å²) < 4.78 is 15.9. The number of fused-ring (bicyclic) bond motifs is 1. The van der Waals surface area contributed by atoms with Gasteiger partial charge in [0.2, 0.25) is 6.79 Å². The number of amides is 1. The fourth-order valence-electron chi connectivity index (χ4n) is 2.09. The first-order chi connectivity index (χ1) is 9.33. The average molecular weight is 264 g/mol. The molecule has 0 radical (unpaired) electrons. The Hall–Kier alpha value is -1.79. The number of nitrogens with one attached hydrogen (secondary N) is 2. The van der Waals surface area contributed by atoms with Crippen LogP contribution in [0.4, 0.5) is 0 Å². The van der Waals surface area contributed by atoms with Gasteiger partial charge in [0.15, 0.2) is 11.5 Å². The van der Waals surface area contributed by atoms with Crippen molar-refractivity contribution in [1.82, 2.24) is 10.6 Å². The van der Waals surface area contributed by atoms with E-state index in [2.05, 4.69) is 10.6 Å². The standard InChI is InChI=1S/C13H16N2O4/c16-13(12-7-14-3-4-17-12)15-6-9-1-2-10-11(5-9)19-8-18-10/h1-2,5,12,14H,3-4,6-8H2,(H,15,16)/t12-/m1/s1. The van der Waals surface area contributed by atoms with Crippen molar-refractivity contribution in [3.63, 3.8) is 0 Å². The van der Waals surface area contributed by atoms with Crippen molar-refractivity contribution in [2.75, 3.05) is 26.5 Å². The van der Waals surface area contributed by atoms with Crippen LogP contribution in [-0.4, -0.2) is 38.5 Å². The SMILES string of the molecule is O=C(NCc1ccc2c(c1)OCO2)[C@H]1CNCCO1. The molecule has 2 heterocycles. The van der Waals surface area contributed by atoms with E-state index in [0.717, 1.165) is 23.6 Å². The number of ether oxygens (including phenoxy) is 3. The molecular formula is C13H16N2O4. The van der Waals surface area contributed by atoms with Gasteiger partial charge in [-0.2, -0.15) is 0 Å². The van der Waals surface area contributed by atoms with Gasteiger partial charge in [0.25, 0.3) is 5.91 Å². The van der Waals surface area contributed by atoms with Crippen molar-refractivity contribution in [2.24, 2.45) is 0 Å². The van der Waals surface area contributed by atoms with Crippen molar-refractivity contribution in [1.29, 1.82) is 0 Å². The zero-order chi connectivity index (χ0) is 13.1. The van der Waals surface area contributed by atoms with E-state index in [9.17, 15) is 4.79 Å². The maximum absolute atomic E-state index is 11.9. The lowest BCUT2D eigenvalue weighted by molar-refractivity contribution is -0.134. The second kappa shape index (κ2) is 5.46. The van der Waals surface area contributed by atoms with Crippen LogP contribution in [0.15, 0.2) is 18.2 Å². The van der Waals surface area contributed by atoms with Crippen molar-refractivity contribution in [3.05, 3.63) is 23.8 Å². The van der Waals surface area contributed by atoms with Crippen LogP contribution in [0.1, 0.15) is 5.56 Å². The molecule has 0 aliphatic carbocycles. The maximum Gasteiger partial charge on any atom is 0.250 e. The quantitative estimate of drug-likeness (QED) is 0.805. The van der Waals surface area contributed by atoms with Crippen molar-refractivity contribution < 1.29 is 19.0 Å². The lowest BCUT2D eigenvalue weighted by Crippen LogP contribution is -2.47. The Balaban J connectivity index is 1.55. The number of carbonyl (C=O) groups is 1. The second-order valence-electron chi connectivity index (χ2n) is 4.47. The van der Waals surface area contributed by atoms with Crippen LogP contribution < -0.4 is 20.1 Å². The summed E-state index contributed by atoms with van der Waals surface area (Å²) in [7, 11) is 0. The fourth-order valence-corrected chi connectivity index (χ4v) is 2.09. The summed E-state index contributed by atoms with van der Waals surface area (Å²) in [5, 5.41) is 5.99. The summed E-state index contributed by atoms with van der Waals surface area (Å²) in [6, 6.07) is 5.64. The van der Waals surface area contributed by atoms with E-state index in [1.807, 2.05) is 18.2 Å². The van der Waals surface area contributed by atoms with Gasteiger partial charge in [-0.15, -0.1) is 0 Å². The highest BCUT2D eigenvalue weighted by molar-refractivity contribution is 5.81. The van der Waals surface area contributed by atoms with Gasteiger partial charge in [0.1, 0.15) is 6.10 Å². The molecule has 1 amide bonds. The van der Waals surface area contributed by atoms with Crippen molar-refractivity contribution in [3.8, 4) is 11.5 Å². The van der Waals surface area contributed by atoms with Crippen LogP contribution in [0.3, 0.4) is 0 Å². The first-order valence-corrected chi connectivity index (χ1v) is 6.31. The van der Waals surface area contributed by atoms with E-state index in [1.54, 1.807) is 0 Å². The number of carbonyl (C=O) groups excluding carboxylic acids is 1. The van der Waals surface area contributed by atoms with Gasteiger partial charge in [-0.1, -0.05) is 6.07 Å². The molecule has 0 spiro atoms. The number of hydrogen-bond acceptors (Lipinski definition) is 5. The molecule has 102 valence electrons. The van der Waals surface area contributed by atoms with Gasteiger partial charge in [0, 0.05) is 19.6 Å². The lowest BCUT2D eigenvalue weighted by Gasteiger charge is -2.22. The van der Waals surface area contributed by atoms with Crippen molar-refractivity contribution in [2.45, 2.75) is 12.6 Å². The summed E-state index contributed by atoms with van der Waals surface area (Å²) >= 11 is 0. The maximum atomic E-state index is 11.9. The Bertz CT molecular complexity index is 472. The Morgan fingerprint density at radius 3 is 3.11 bits per heavy atom. The molecule has 2 N–H and O–H groups in total. The zero-order valence-corrected chi connectivity index (χ0v) is 10.5. The number of morpholine rings is 1. The molecule has 0 bridgehead atoms. The zero-order valence-electron chi connectivity index (χ0n) is 10.5. The molecule has 1 saturated heterocycles. The van der Waals surface area contributed by atoms with Crippen LogP contribution >= 0.6 is 0 Å². The number of hydrogen-bond donors (Lipinski definition) is 2. The Morgan fingerprint density at radius 2 is 2.26 bits per heavy atom. The molecule has 0 aromatic heterocycles. The largest absolute Gasteiger partial charge is 0.454 e. The Labute approximate surface area is 111 Å². The molecule has 6 heteroatoms. The van der Waals surface area contributed by atoms with Crippen molar-refractivity contribution >= 4 is 5.91 Å². The highest BCUT2D eigenvalue weighted by atomic mass is 16.7. The minimum atomic E-state index is -0.400. The third-order valence-corrected chi connectivity index (χ3v) is 3.12. The fraction of sp³-hybridized carbons (Fsp3) is 0.462. The molecule has 1 atom stereocenters. The van der Waals surface area contributed by atoms with Crippen LogP contribution in [-0.2, 0) is 16.1 Å². The molecule has 3 rings (SSSR count). The third kappa shape index (κ3) is 2.80. The number of rotatable bonds is 3. The number of benzene rings is 1. The smallest absolute Gasteiger partial charge is 0.250 e. The topological polar surface area (TPSA) is 68.8 Å². The molecule has 6 nitrogen and oxygen atoms in total. The average Bonchev–Trinajstić information content (AvgIpc) is 2.93. The minimum absolute atomic E-state index is 0.0927. The summed E-state index contributed by atoms with van der Waals surface area (Å²) in [5.41, 5.74) is 0.973. The van der Waals surface area contributed by atoms with E-state index in [-0.39, 0.29) is 12.7 Å². The van der Waals surface area contributed by atoms with Gasteiger partial charge in [-0.05, 0) is 17.7 Å². The van der Waals surface area contributed by atoms with Crippen LogP contribution in [0.2, 0.25) is 0 Å². The molecule has 1 aromatic carbocycles. The van der Waals surface area contributed by atoms with Crippen LogP contribution in [0, 0.1) is 0 Å². The second-order valence-corrected chi connectivity index (χ2v) is 4.47. The minimum Gasteiger partial charge on any atom is -0.454 e. The van der Waals surface area contributed by atoms with Gasteiger partial charge < -0.3 is 24.8 Å². The first-order valence-electron chi connectivity index (χ1n) is 6.31. The normalized spacial score (nSPS) is 21.2. The molecule has 1 aromatic rings. The van der Waals surface area contributed by atoms with Gasteiger partial charge in [-0.3, -0.25) is 4.79 Å². The first kappa shape index (κ1) is 12.3. The summed E-state index contributed by atoms with van der Waals surface area (Å²) in [5.74, 6) is 1.38. The van der Waals surface area contributed by atoms with E-state index >= 15 is 0 Å². The Kier molecular flexibility index (Phi) is 3.52. The molecular weight excluding hydrogens is 248 g/mol. The predicted molar refractivity (Wildman–Crippen MR) is 67.0 cm³/mol. The lowest BCUT2D eigenvalue weighted by atomic mass is 10.2. The van der Waals surface area contributed by atoms with Gasteiger partial charge in [-0.25, -0.2) is 0 Å². The third-order valence-electron chi connectivity index (χ3n) is 3.12. The summed E-state index contributed by atoms with van der Waals surface area (Å²) in [6.07, 6.45) is -0.400.